The van der Waals surface area contributed by atoms with E-state index in [-0.39, 0.29) is 12.0 Å². The smallest absolute Gasteiger partial charge is 0.407 e. The van der Waals surface area contributed by atoms with E-state index in [9.17, 15) is 14.7 Å². The second-order valence-electron chi connectivity index (χ2n) is 12.8. The fourth-order valence-electron chi connectivity index (χ4n) is 6.96. The number of hydrogen-bond donors (Lipinski definition) is 2. The van der Waals surface area contributed by atoms with Gasteiger partial charge >= 0.3 is 12.1 Å². The van der Waals surface area contributed by atoms with Crippen LogP contribution in [0.4, 0.5) is 4.79 Å². The predicted molar refractivity (Wildman–Crippen MR) is 187 cm³/mol. The van der Waals surface area contributed by atoms with Gasteiger partial charge in [0.25, 0.3) is 0 Å². The molecular formula is C40H45N3O5. The Morgan fingerprint density at radius 1 is 0.812 bits per heavy atom. The van der Waals surface area contributed by atoms with Gasteiger partial charge in [0, 0.05) is 32.1 Å². The molecule has 0 unspecified atom stereocenters. The van der Waals surface area contributed by atoms with Gasteiger partial charge in [-0.15, -0.1) is 0 Å². The maximum absolute atomic E-state index is 12.4. The summed E-state index contributed by atoms with van der Waals surface area (Å²) in [5.41, 5.74) is 8.02. The first-order chi connectivity index (χ1) is 23.5. The predicted octanol–water partition coefficient (Wildman–Crippen LogP) is 7.24. The molecule has 1 atom stereocenters. The van der Waals surface area contributed by atoms with Gasteiger partial charge in [0.15, 0.2) is 0 Å². The number of unbranched alkanes of at least 4 members (excludes halogenated alkanes) is 2. The Bertz CT molecular complexity index is 1620. The molecule has 0 fully saturated rings. The number of carboxylic acids is 1. The number of benzene rings is 4. The van der Waals surface area contributed by atoms with Crippen LogP contribution in [-0.2, 0) is 22.6 Å². The van der Waals surface area contributed by atoms with Crippen molar-refractivity contribution in [2.24, 2.45) is 0 Å². The quantitative estimate of drug-likeness (QED) is 0.124. The first-order valence-corrected chi connectivity index (χ1v) is 17.0. The highest BCUT2D eigenvalue weighted by atomic mass is 16.5. The number of carboxylic acid groups (broad SMARTS) is 1. The molecule has 4 aromatic rings. The molecule has 0 bridgehead atoms. The molecule has 1 amide bonds. The number of nitrogens with zero attached hydrogens (tertiary/aromatic N) is 2. The van der Waals surface area contributed by atoms with Crippen LogP contribution in [0.1, 0.15) is 65.5 Å². The van der Waals surface area contributed by atoms with E-state index in [0.717, 1.165) is 50.1 Å². The average molecular weight is 648 g/mol. The van der Waals surface area contributed by atoms with Gasteiger partial charge in [0.2, 0.25) is 0 Å². The molecule has 0 saturated heterocycles. The van der Waals surface area contributed by atoms with E-state index in [1.165, 1.54) is 33.4 Å². The summed E-state index contributed by atoms with van der Waals surface area (Å²) < 4.78 is 11.6. The number of amides is 1. The fourth-order valence-corrected chi connectivity index (χ4v) is 6.96. The van der Waals surface area contributed by atoms with Gasteiger partial charge in [0.1, 0.15) is 18.4 Å². The first-order valence-electron chi connectivity index (χ1n) is 17.0. The SMILES string of the molecule is CN(CCCCCNC(=O)OCC1c2ccccc2-c2ccccc21)CCCOc1ccc([C@@H](C(=O)O)N2Cc3ccccc3C2)cc1. The van der Waals surface area contributed by atoms with Gasteiger partial charge in [-0.3, -0.25) is 9.69 Å². The third-order valence-electron chi connectivity index (χ3n) is 9.44. The third kappa shape index (κ3) is 8.06. The number of carbonyl (C=O) groups is 2. The van der Waals surface area contributed by atoms with E-state index in [2.05, 4.69) is 65.8 Å². The maximum Gasteiger partial charge on any atom is 0.407 e. The molecule has 1 heterocycles. The van der Waals surface area contributed by atoms with Crippen LogP contribution in [0.25, 0.3) is 11.1 Å². The van der Waals surface area contributed by atoms with Gasteiger partial charge in [-0.1, -0.05) is 91.3 Å². The number of carbonyl (C=O) groups excluding carboxylic acids is 1. The van der Waals surface area contributed by atoms with E-state index < -0.39 is 12.0 Å². The molecule has 8 heteroatoms. The summed E-state index contributed by atoms with van der Waals surface area (Å²) in [6.07, 6.45) is 3.52. The normalized spacial score (nSPS) is 14.3. The van der Waals surface area contributed by atoms with Crippen LogP contribution in [0.15, 0.2) is 97.1 Å². The van der Waals surface area contributed by atoms with Crippen molar-refractivity contribution in [1.29, 1.82) is 0 Å². The zero-order valence-corrected chi connectivity index (χ0v) is 27.6. The Hall–Kier alpha value is -4.66. The number of aliphatic carboxylic acids is 1. The molecule has 6 rings (SSSR count). The van der Waals surface area contributed by atoms with Gasteiger partial charge < -0.3 is 24.8 Å². The lowest BCUT2D eigenvalue weighted by molar-refractivity contribution is -0.143. The van der Waals surface area contributed by atoms with Crippen molar-refractivity contribution in [3.05, 3.63) is 125 Å². The number of nitrogens with one attached hydrogen (secondary N) is 1. The summed E-state index contributed by atoms with van der Waals surface area (Å²) in [6.45, 7) is 4.71. The summed E-state index contributed by atoms with van der Waals surface area (Å²) in [7, 11) is 2.12. The van der Waals surface area contributed by atoms with Gasteiger partial charge in [0.05, 0.1) is 6.61 Å². The van der Waals surface area contributed by atoms with Crippen molar-refractivity contribution >= 4 is 12.1 Å². The molecule has 4 aromatic carbocycles. The second kappa shape index (κ2) is 16.0. The minimum absolute atomic E-state index is 0.0698. The highest BCUT2D eigenvalue weighted by Crippen LogP contribution is 2.44. The molecule has 2 N–H and O–H groups in total. The lowest BCUT2D eigenvalue weighted by atomic mass is 9.98. The number of ether oxygens (including phenoxy) is 2. The Morgan fingerprint density at radius 2 is 1.42 bits per heavy atom. The fraction of sp³-hybridized carbons (Fsp3) is 0.350. The Morgan fingerprint density at radius 3 is 2.06 bits per heavy atom. The van der Waals surface area contributed by atoms with Crippen LogP contribution in [0.2, 0.25) is 0 Å². The molecule has 0 saturated carbocycles. The van der Waals surface area contributed by atoms with Gasteiger partial charge in [-0.25, -0.2) is 4.79 Å². The Kier molecular flexibility index (Phi) is 11.1. The van der Waals surface area contributed by atoms with Crippen molar-refractivity contribution < 1.29 is 24.2 Å². The third-order valence-corrected chi connectivity index (χ3v) is 9.44. The molecule has 0 aromatic heterocycles. The lowest BCUT2D eigenvalue weighted by Crippen LogP contribution is -2.29. The monoisotopic (exact) mass is 647 g/mol. The standard InChI is InChI=1S/C40H45N3O5/c1-42(23-10-2-9-22-41-40(46)48-28-37-35-16-7-5-14-33(35)34-15-6-8-17-36(34)37)24-11-25-47-32-20-18-29(19-21-32)38(39(44)45)43-26-30-12-3-4-13-31(30)27-43/h3-8,12-21,37-38H,2,9-11,22-28H2,1H3,(H,41,46)(H,44,45)/t38-/m0/s1. The summed E-state index contributed by atoms with van der Waals surface area (Å²) in [6, 6.07) is 31.6. The molecular weight excluding hydrogens is 602 g/mol. The highest BCUT2D eigenvalue weighted by Gasteiger charge is 2.32. The largest absolute Gasteiger partial charge is 0.494 e. The number of alkyl carbamates (subject to hydrolysis) is 1. The first kappa shape index (κ1) is 33.2. The molecule has 48 heavy (non-hydrogen) atoms. The lowest BCUT2D eigenvalue weighted by Gasteiger charge is -2.24. The number of fused-ring (bicyclic) bond motifs is 4. The van der Waals surface area contributed by atoms with Crippen LogP contribution in [-0.4, -0.2) is 66.9 Å². The van der Waals surface area contributed by atoms with Crippen LogP contribution < -0.4 is 10.1 Å². The van der Waals surface area contributed by atoms with Crippen molar-refractivity contribution in [2.45, 2.75) is 50.7 Å². The van der Waals surface area contributed by atoms with Crippen LogP contribution in [0.5, 0.6) is 5.75 Å². The Labute approximate surface area is 283 Å². The van der Waals surface area contributed by atoms with E-state index in [1.54, 1.807) is 0 Å². The highest BCUT2D eigenvalue weighted by molar-refractivity contribution is 5.79. The molecule has 0 radical (unpaired) electrons. The molecule has 1 aliphatic carbocycles. The second-order valence-corrected chi connectivity index (χ2v) is 12.8. The van der Waals surface area contributed by atoms with Gasteiger partial charge in [-0.2, -0.15) is 0 Å². The zero-order chi connectivity index (χ0) is 33.3. The molecule has 2 aliphatic rings. The van der Waals surface area contributed by atoms with E-state index in [4.69, 9.17) is 9.47 Å². The maximum atomic E-state index is 12.4. The molecule has 1 aliphatic heterocycles. The molecule has 8 nitrogen and oxygen atoms in total. The van der Waals surface area contributed by atoms with Crippen LogP contribution in [0.3, 0.4) is 0 Å². The van der Waals surface area contributed by atoms with Crippen molar-refractivity contribution in [1.82, 2.24) is 15.1 Å². The number of hydrogen-bond acceptors (Lipinski definition) is 6. The van der Waals surface area contributed by atoms with E-state index >= 15 is 0 Å². The number of rotatable bonds is 16. The summed E-state index contributed by atoms with van der Waals surface area (Å²) in [4.78, 5) is 28.9. The van der Waals surface area contributed by atoms with Crippen molar-refractivity contribution in [2.75, 3.05) is 39.9 Å². The minimum Gasteiger partial charge on any atom is -0.494 e. The summed E-state index contributed by atoms with van der Waals surface area (Å²) >= 11 is 0. The molecule has 0 spiro atoms. The summed E-state index contributed by atoms with van der Waals surface area (Å²) in [5.74, 6) is -0.0223. The van der Waals surface area contributed by atoms with E-state index in [0.29, 0.717) is 32.8 Å². The Balaban J connectivity index is 0.820. The average Bonchev–Trinajstić information content (AvgIpc) is 3.67. The van der Waals surface area contributed by atoms with Gasteiger partial charge in [-0.05, 0) is 83.9 Å². The molecule has 250 valence electrons. The van der Waals surface area contributed by atoms with Crippen molar-refractivity contribution in [3.63, 3.8) is 0 Å². The van der Waals surface area contributed by atoms with Crippen molar-refractivity contribution in [3.8, 4) is 16.9 Å². The van der Waals surface area contributed by atoms with E-state index in [1.807, 2.05) is 53.4 Å². The topological polar surface area (TPSA) is 91.3 Å². The zero-order valence-electron chi connectivity index (χ0n) is 27.6. The minimum atomic E-state index is -0.841. The summed E-state index contributed by atoms with van der Waals surface area (Å²) in [5, 5.41) is 12.9. The van der Waals surface area contributed by atoms with Crippen LogP contribution >= 0.6 is 0 Å². The van der Waals surface area contributed by atoms with Crippen LogP contribution in [0, 0.1) is 0 Å².